The number of rotatable bonds is 8. The van der Waals surface area contributed by atoms with Gasteiger partial charge in [0, 0.05) is 26.1 Å². The van der Waals surface area contributed by atoms with Gasteiger partial charge >= 0.3 is 5.69 Å². The summed E-state index contributed by atoms with van der Waals surface area (Å²) in [4.78, 5) is 31.1. The number of carbonyl (C=O) groups excluding carboxylic acids is 1. The molecule has 0 radical (unpaired) electrons. The fraction of sp³-hybridized carbons (Fsp3) is 0.579. The number of nitrogens with zero attached hydrogens (tertiary/aromatic N) is 1. The molecule has 4 N–H and O–H groups in total. The molecule has 2 aromatic rings. The lowest BCUT2D eigenvalue weighted by atomic mass is 10.0. The van der Waals surface area contributed by atoms with E-state index in [1.165, 1.54) is 0 Å². The van der Waals surface area contributed by atoms with Gasteiger partial charge in [-0.25, -0.2) is 4.79 Å². The molecule has 0 aliphatic carbocycles. The van der Waals surface area contributed by atoms with E-state index in [1.54, 1.807) is 0 Å². The largest absolute Gasteiger partial charge is 0.378 e. The van der Waals surface area contributed by atoms with Crippen LogP contribution in [0.4, 0.5) is 0 Å². The van der Waals surface area contributed by atoms with Crippen molar-refractivity contribution < 1.29 is 9.53 Å². The minimum absolute atomic E-state index is 0.192. The van der Waals surface area contributed by atoms with Gasteiger partial charge in [-0.1, -0.05) is 6.07 Å². The molecule has 1 aliphatic rings. The van der Waals surface area contributed by atoms with Crippen LogP contribution in [0.3, 0.4) is 0 Å². The number of hydrogen-bond donors (Lipinski definition) is 3. The third kappa shape index (κ3) is 4.95. The number of aryl methyl sites for hydroxylation is 1. The summed E-state index contributed by atoms with van der Waals surface area (Å²) in [5.74, 6) is 0.224. The summed E-state index contributed by atoms with van der Waals surface area (Å²) in [6.07, 6.45) is 5.17. The number of ether oxygens (including phenoxy) is 1. The molecule has 1 saturated heterocycles. The van der Waals surface area contributed by atoms with E-state index in [0.29, 0.717) is 19.6 Å². The number of fused-ring (bicyclic) bond motifs is 1. The number of amides is 1. The van der Waals surface area contributed by atoms with Gasteiger partial charge in [-0.3, -0.25) is 4.79 Å². The van der Waals surface area contributed by atoms with Crippen molar-refractivity contribution in [2.45, 2.75) is 44.6 Å². The zero-order chi connectivity index (χ0) is 18.4. The average Bonchev–Trinajstić information content (AvgIpc) is 3.02. The van der Waals surface area contributed by atoms with Crippen LogP contribution in [0.1, 0.15) is 37.7 Å². The van der Waals surface area contributed by atoms with Gasteiger partial charge < -0.3 is 25.3 Å². The molecular weight excluding hydrogens is 332 g/mol. The number of nitrogens with one attached hydrogen (secondary N) is 2. The first-order valence-electron chi connectivity index (χ1n) is 9.46. The second-order valence-corrected chi connectivity index (χ2v) is 6.91. The molecule has 0 saturated carbocycles. The molecule has 1 aliphatic heterocycles. The van der Waals surface area contributed by atoms with Gasteiger partial charge in [-0.05, 0) is 56.3 Å². The minimum Gasteiger partial charge on any atom is -0.378 e. The van der Waals surface area contributed by atoms with Gasteiger partial charge in [-0.15, -0.1) is 0 Å². The summed E-state index contributed by atoms with van der Waals surface area (Å²) in [5.41, 5.74) is 8.04. The smallest absolute Gasteiger partial charge is 0.323 e. The van der Waals surface area contributed by atoms with Crippen LogP contribution in [-0.4, -0.2) is 53.1 Å². The number of imidazole rings is 1. The topological polar surface area (TPSA) is 104 Å². The van der Waals surface area contributed by atoms with Crippen LogP contribution in [0.25, 0.3) is 11.0 Å². The van der Waals surface area contributed by atoms with E-state index in [2.05, 4.69) is 9.97 Å². The SMILES string of the molecule is NCCCOC1CCN(C(=O)CCCc2ccc3[nH]c(=O)[nH]c3c2)CC1. The summed E-state index contributed by atoms with van der Waals surface area (Å²) in [6, 6.07) is 5.88. The van der Waals surface area contributed by atoms with Crippen molar-refractivity contribution in [3.63, 3.8) is 0 Å². The van der Waals surface area contributed by atoms with Crippen LogP contribution in [-0.2, 0) is 16.0 Å². The molecule has 1 aromatic carbocycles. The van der Waals surface area contributed by atoms with Crippen LogP contribution < -0.4 is 11.4 Å². The Labute approximate surface area is 152 Å². The van der Waals surface area contributed by atoms with Gasteiger partial charge in [0.15, 0.2) is 0 Å². The standard InChI is InChI=1S/C19H28N4O3/c20-9-2-12-26-15-7-10-23(11-8-15)18(24)4-1-3-14-5-6-16-17(13-14)22-19(25)21-16/h5-6,13,15H,1-4,7-12,20H2,(H2,21,22,25). The number of aromatic amines is 2. The number of carbonyl (C=O) groups is 1. The molecule has 3 rings (SSSR count). The summed E-state index contributed by atoms with van der Waals surface area (Å²) in [5, 5.41) is 0. The molecule has 0 bridgehead atoms. The van der Waals surface area contributed by atoms with Crippen LogP contribution in [0.15, 0.2) is 23.0 Å². The monoisotopic (exact) mass is 360 g/mol. The first-order chi connectivity index (χ1) is 12.7. The van der Waals surface area contributed by atoms with E-state index >= 15 is 0 Å². The maximum absolute atomic E-state index is 12.4. The molecule has 1 amide bonds. The Kier molecular flexibility index (Phi) is 6.46. The van der Waals surface area contributed by atoms with Crippen LogP contribution in [0, 0.1) is 0 Å². The van der Waals surface area contributed by atoms with Gasteiger partial charge in [0.25, 0.3) is 0 Å². The maximum atomic E-state index is 12.4. The third-order valence-corrected chi connectivity index (χ3v) is 4.93. The molecule has 1 aromatic heterocycles. The molecular formula is C19H28N4O3. The number of likely N-dealkylation sites (tertiary alicyclic amines) is 1. The van der Waals surface area contributed by atoms with E-state index in [-0.39, 0.29) is 17.7 Å². The second-order valence-electron chi connectivity index (χ2n) is 6.91. The van der Waals surface area contributed by atoms with Crippen LogP contribution >= 0.6 is 0 Å². The Morgan fingerprint density at radius 1 is 1.19 bits per heavy atom. The number of benzene rings is 1. The Bertz CT molecular complexity index is 774. The van der Waals surface area contributed by atoms with Crippen molar-refractivity contribution in [2.75, 3.05) is 26.2 Å². The Morgan fingerprint density at radius 2 is 1.96 bits per heavy atom. The maximum Gasteiger partial charge on any atom is 0.323 e. The van der Waals surface area contributed by atoms with E-state index in [9.17, 15) is 9.59 Å². The molecule has 0 spiro atoms. The van der Waals surface area contributed by atoms with Gasteiger partial charge in [0.1, 0.15) is 0 Å². The lowest BCUT2D eigenvalue weighted by Gasteiger charge is -2.32. The summed E-state index contributed by atoms with van der Waals surface area (Å²) < 4.78 is 5.78. The van der Waals surface area contributed by atoms with E-state index in [4.69, 9.17) is 10.5 Å². The summed E-state index contributed by atoms with van der Waals surface area (Å²) >= 11 is 0. The Hall–Kier alpha value is -2.12. The Balaban J connectivity index is 1.39. The number of H-pyrrole nitrogens is 2. The molecule has 7 nitrogen and oxygen atoms in total. The fourth-order valence-electron chi connectivity index (χ4n) is 3.44. The number of hydrogen-bond acceptors (Lipinski definition) is 4. The minimum atomic E-state index is -0.192. The van der Waals surface area contributed by atoms with Crippen molar-refractivity contribution in [3.05, 3.63) is 34.2 Å². The highest BCUT2D eigenvalue weighted by molar-refractivity contribution is 5.76. The zero-order valence-corrected chi connectivity index (χ0v) is 15.1. The van der Waals surface area contributed by atoms with E-state index < -0.39 is 0 Å². The van der Waals surface area contributed by atoms with Gasteiger partial charge in [0.05, 0.1) is 17.1 Å². The second kappa shape index (κ2) is 9.00. The number of piperidine rings is 1. The summed E-state index contributed by atoms with van der Waals surface area (Å²) in [6.45, 7) is 2.93. The van der Waals surface area contributed by atoms with Crippen molar-refractivity contribution in [1.82, 2.24) is 14.9 Å². The third-order valence-electron chi connectivity index (χ3n) is 4.93. The molecule has 0 atom stereocenters. The molecule has 1 fully saturated rings. The van der Waals surface area contributed by atoms with Crippen molar-refractivity contribution in [2.24, 2.45) is 5.73 Å². The van der Waals surface area contributed by atoms with Gasteiger partial charge in [0.2, 0.25) is 5.91 Å². The molecule has 7 heteroatoms. The number of nitrogens with two attached hydrogens (primary N) is 1. The molecule has 2 heterocycles. The first-order valence-corrected chi connectivity index (χ1v) is 9.46. The number of aromatic nitrogens is 2. The predicted octanol–water partition coefficient (Wildman–Crippen LogP) is 1.54. The predicted molar refractivity (Wildman–Crippen MR) is 101 cm³/mol. The first kappa shape index (κ1) is 18.7. The lowest BCUT2D eigenvalue weighted by molar-refractivity contribution is -0.133. The van der Waals surface area contributed by atoms with Gasteiger partial charge in [-0.2, -0.15) is 0 Å². The van der Waals surface area contributed by atoms with E-state index in [1.807, 2.05) is 23.1 Å². The van der Waals surface area contributed by atoms with Crippen LogP contribution in [0.2, 0.25) is 0 Å². The highest BCUT2D eigenvalue weighted by Gasteiger charge is 2.22. The van der Waals surface area contributed by atoms with Crippen molar-refractivity contribution >= 4 is 16.9 Å². The highest BCUT2D eigenvalue weighted by Crippen LogP contribution is 2.17. The molecule has 142 valence electrons. The molecule has 0 unspecified atom stereocenters. The lowest BCUT2D eigenvalue weighted by Crippen LogP contribution is -2.41. The zero-order valence-electron chi connectivity index (χ0n) is 15.1. The normalized spacial score (nSPS) is 15.7. The Morgan fingerprint density at radius 3 is 2.73 bits per heavy atom. The van der Waals surface area contributed by atoms with Crippen LogP contribution in [0.5, 0.6) is 0 Å². The average molecular weight is 360 g/mol. The molecule has 26 heavy (non-hydrogen) atoms. The fourth-order valence-corrected chi connectivity index (χ4v) is 3.44. The highest BCUT2D eigenvalue weighted by atomic mass is 16.5. The quantitative estimate of drug-likeness (QED) is 0.621. The summed E-state index contributed by atoms with van der Waals surface area (Å²) in [7, 11) is 0. The van der Waals surface area contributed by atoms with Crippen molar-refractivity contribution in [3.8, 4) is 0 Å². The van der Waals surface area contributed by atoms with Crippen molar-refractivity contribution in [1.29, 1.82) is 0 Å². The van der Waals surface area contributed by atoms with E-state index in [0.717, 1.165) is 61.8 Å².